The minimum atomic E-state index is -0.213. The quantitative estimate of drug-likeness (QED) is 0.804. The van der Waals surface area contributed by atoms with Crippen molar-refractivity contribution < 1.29 is 4.79 Å². The molecule has 0 radical (unpaired) electrons. The van der Waals surface area contributed by atoms with Crippen molar-refractivity contribution in [3.05, 3.63) is 48.0 Å². The second-order valence-electron chi connectivity index (χ2n) is 4.40. The van der Waals surface area contributed by atoms with Gasteiger partial charge in [0, 0.05) is 36.2 Å². The number of nitrogens with zero attached hydrogens (tertiary/aromatic N) is 2. The first-order valence-electron chi connectivity index (χ1n) is 6.50. The Kier molecular flexibility index (Phi) is 5.43. The SMILES string of the molecule is O=C(NCCCCn1ccnc1)Nc1cccc(Cl)c1. The Morgan fingerprint density at radius 3 is 3.00 bits per heavy atom. The molecule has 2 rings (SSSR count). The Morgan fingerprint density at radius 1 is 1.35 bits per heavy atom. The average molecular weight is 293 g/mol. The summed E-state index contributed by atoms with van der Waals surface area (Å²) in [5.74, 6) is 0. The molecule has 0 aliphatic heterocycles. The number of rotatable bonds is 6. The molecule has 1 heterocycles. The first-order valence-corrected chi connectivity index (χ1v) is 6.88. The Labute approximate surface area is 123 Å². The molecule has 1 aromatic carbocycles. The molecular formula is C14H17ClN4O. The number of anilines is 1. The third-order valence-corrected chi connectivity index (χ3v) is 3.01. The number of benzene rings is 1. The van der Waals surface area contributed by atoms with Crippen LogP contribution in [0.15, 0.2) is 43.0 Å². The number of aromatic nitrogens is 2. The van der Waals surface area contributed by atoms with Crippen molar-refractivity contribution in [2.24, 2.45) is 0 Å². The van der Waals surface area contributed by atoms with Gasteiger partial charge in [-0.3, -0.25) is 0 Å². The predicted molar refractivity (Wildman–Crippen MR) is 79.9 cm³/mol. The summed E-state index contributed by atoms with van der Waals surface area (Å²) in [5, 5.41) is 6.15. The third kappa shape index (κ3) is 4.93. The number of carbonyl (C=O) groups excluding carboxylic acids is 1. The molecule has 2 aromatic rings. The van der Waals surface area contributed by atoms with Gasteiger partial charge >= 0.3 is 6.03 Å². The van der Waals surface area contributed by atoms with Gasteiger partial charge in [-0.25, -0.2) is 9.78 Å². The molecule has 20 heavy (non-hydrogen) atoms. The summed E-state index contributed by atoms with van der Waals surface area (Å²) in [5.41, 5.74) is 0.688. The van der Waals surface area contributed by atoms with Crippen molar-refractivity contribution in [1.29, 1.82) is 0 Å². The Bertz CT molecular complexity index is 542. The van der Waals surface area contributed by atoms with Crippen LogP contribution in [0.3, 0.4) is 0 Å². The number of urea groups is 1. The van der Waals surface area contributed by atoms with Crippen LogP contribution in [0, 0.1) is 0 Å². The lowest BCUT2D eigenvalue weighted by Gasteiger charge is -2.08. The monoisotopic (exact) mass is 292 g/mol. The summed E-state index contributed by atoms with van der Waals surface area (Å²) in [4.78, 5) is 15.6. The molecule has 2 N–H and O–H groups in total. The summed E-state index contributed by atoms with van der Waals surface area (Å²) in [6.07, 6.45) is 7.39. The van der Waals surface area contributed by atoms with E-state index in [1.165, 1.54) is 0 Å². The van der Waals surface area contributed by atoms with Crippen LogP contribution in [0.5, 0.6) is 0 Å². The van der Waals surface area contributed by atoms with Crippen LogP contribution in [0.25, 0.3) is 0 Å². The number of aryl methyl sites for hydroxylation is 1. The van der Waals surface area contributed by atoms with E-state index in [0.717, 1.165) is 19.4 Å². The molecule has 0 spiro atoms. The van der Waals surface area contributed by atoms with Crippen LogP contribution in [0.1, 0.15) is 12.8 Å². The second-order valence-corrected chi connectivity index (χ2v) is 4.84. The van der Waals surface area contributed by atoms with E-state index in [0.29, 0.717) is 17.3 Å². The number of imidazole rings is 1. The summed E-state index contributed by atoms with van der Waals surface area (Å²) in [6, 6.07) is 6.85. The number of hydrogen-bond acceptors (Lipinski definition) is 2. The number of amides is 2. The largest absolute Gasteiger partial charge is 0.338 e. The fourth-order valence-electron chi connectivity index (χ4n) is 1.78. The van der Waals surface area contributed by atoms with Crippen LogP contribution in [0.2, 0.25) is 5.02 Å². The van der Waals surface area contributed by atoms with Crippen molar-refractivity contribution >= 4 is 23.3 Å². The fraction of sp³-hybridized carbons (Fsp3) is 0.286. The summed E-state index contributed by atoms with van der Waals surface area (Å²) in [6.45, 7) is 1.55. The highest BCUT2D eigenvalue weighted by atomic mass is 35.5. The van der Waals surface area contributed by atoms with E-state index in [-0.39, 0.29) is 6.03 Å². The number of nitrogens with one attached hydrogen (secondary N) is 2. The third-order valence-electron chi connectivity index (χ3n) is 2.77. The highest BCUT2D eigenvalue weighted by Crippen LogP contribution is 2.14. The maximum Gasteiger partial charge on any atom is 0.319 e. The number of hydrogen-bond donors (Lipinski definition) is 2. The summed E-state index contributed by atoms with van der Waals surface area (Å²) >= 11 is 5.84. The van der Waals surface area contributed by atoms with Crippen molar-refractivity contribution in [1.82, 2.24) is 14.9 Å². The van der Waals surface area contributed by atoms with Crippen molar-refractivity contribution in [3.63, 3.8) is 0 Å². The highest BCUT2D eigenvalue weighted by Gasteiger charge is 2.01. The number of unbranched alkanes of at least 4 members (excludes halogenated alkanes) is 1. The van der Waals surface area contributed by atoms with Crippen LogP contribution in [-0.2, 0) is 6.54 Å². The predicted octanol–water partition coefficient (Wildman–Crippen LogP) is 3.14. The molecule has 1 aromatic heterocycles. The first-order chi connectivity index (χ1) is 9.74. The zero-order chi connectivity index (χ0) is 14.2. The van der Waals surface area contributed by atoms with Gasteiger partial charge in [-0.15, -0.1) is 0 Å². The second kappa shape index (κ2) is 7.55. The number of halogens is 1. The molecule has 0 aliphatic rings. The Hall–Kier alpha value is -2.01. The smallest absolute Gasteiger partial charge is 0.319 e. The fourth-order valence-corrected chi connectivity index (χ4v) is 1.97. The van der Waals surface area contributed by atoms with Gasteiger partial charge in [0.05, 0.1) is 6.33 Å². The van der Waals surface area contributed by atoms with Crippen LogP contribution in [0.4, 0.5) is 10.5 Å². The van der Waals surface area contributed by atoms with Gasteiger partial charge < -0.3 is 15.2 Å². The average Bonchev–Trinajstić information content (AvgIpc) is 2.91. The molecule has 0 aliphatic carbocycles. The lowest BCUT2D eigenvalue weighted by Crippen LogP contribution is -2.29. The van der Waals surface area contributed by atoms with Crippen LogP contribution in [-0.4, -0.2) is 22.1 Å². The molecule has 0 saturated heterocycles. The standard InChI is InChI=1S/C14H17ClN4O/c15-12-4-3-5-13(10-12)18-14(20)17-6-1-2-8-19-9-7-16-11-19/h3-5,7,9-11H,1-2,6,8H2,(H2,17,18,20). The normalized spacial score (nSPS) is 10.2. The molecule has 6 heteroatoms. The van der Waals surface area contributed by atoms with Gasteiger partial charge in [-0.1, -0.05) is 17.7 Å². The van der Waals surface area contributed by atoms with E-state index in [4.69, 9.17) is 11.6 Å². The zero-order valence-electron chi connectivity index (χ0n) is 11.1. The van der Waals surface area contributed by atoms with Crippen molar-refractivity contribution in [2.75, 3.05) is 11.9 Å². The molecule has 0 unspecified atom stereocenters. The van der Waals surface area contributed by atoms with Crippen LogP contribution >= 0.6 is 11.6 Å². The summed E-state index contributed by atoms with van der Waals surface area (Å²) in [7, 11) is 0. The number of carbonyl (C=O) groups is 1. The van der Waals surface area contributed by atoms with E-state index >= 15 is 0 Å². The lowest BCUT2D eigenvalue weighted by molar-refractivity contribution is 0.252. The van der Waals surface area contributed by atoms with E-state index in [9.17, 15) is 4.79 Å². The molecule has 106 valence electrons. The molecule has 0 atom stereocenters. The van der Waals surface area contributed by atoms with Gasteiger partial charge in [0.2, 0.25) is 0 Å². The van der Waals surface area contributed by atoms with E-state index in [2.05, 4.69) is 15.6 Å². The maximum atomic E-state index is 11.6. The van der Waals surface area contributed by atoms with E-state index < -0.39 is 0 Å². The van der Waals surface area contributed by atoms with Crippen molar-refractivity contribution in [2.45, 2.75) is 19.4 Å². The van der Waals surface area contributed by atoms with Crippen molar-refractivity contribution in [3.8, 4) is 0 Å². The Morgan fingerprint density at radius 2 is 2.25 bits per heavy atom. The molecule has 5 nitrogen and oxygen atoms in total. The van der Waals surface area contributed by atoms with Gasteiger partial charge in [-0.2, -0.15) is 0 Å². The maximum absolute atomic E-state index is 11.6. The topological polar surface area (TPSA) is 59.0 Å². The lowest BCUT2D eigenvalue weighted by atomic mass is 10.3. The minimum Gasteiger partial charge on any atom is -0.338 e. The molecule has 0 saturated carbocycles. The first kappa shape index (κ1) is 14.4. The molecule has 2 amide bonds. The van der Waals surface area contributed by atoms with Crippen LogP contribution < -0.4 is 10.6 Å². The Balaban J connectivity index is 1.60. The molecular weight excluding hydrogens is 276 g/mol. The molecule has 0 fully saturated rings. The summed E-state index contributed by atoms with van der Waals surface area (Å²) < 4.78 is 2.02. The van der Waals surface area contributed by atoms with Gasteiger partial charge in [-0.05, 0) is 31.0 Å². The van der Waals surface area contributed by atoms with Gasteiger partial charge in [0.15, 0.2) is 0 Å². The zero-order valence-corrected chi connectivity index (χ0v) is 11.8. The van der Waals surface area contributed by atoms with E-state index in [1.54, 1.807) is 36.8 Å². The molecule has 0 bridgehead atoms. The van der Waals surface area contributed by atoms with Gasteiger partial charge in [0.25, 0.3) is 0 Å². The van der Waals surface area contributed by atoms with E-state index in [1.807, 2.05) is 10.8 Å². The minimum absolute atomic E-state index is 0.213. The van der Waals surface area contributed by atoms with Gasteiger partial charge in [0.1, 0.15) is 0 Å². The highest BCUT2D eigenvalue weighted by molar-refractivity contribution is 6.30.